The minimum Gasteiger partial charge on any atom is -0.396 e. The van der Waals surface area contributed by atoms with Crippen LogP contribution in [0.5, 0.6) is 0 Å². The minimum absolute atomic E-state index is 0.349. The number of para-hydroxylation sites is 1. The van der Waals surface area contributed by atoms with E-state index in [0.717, 1.165) is 0 Å². The van der Waals surface area contributed by atoms with Crippen molar-refractivity contribution in [2.75, 3.05) is 11.1 Å². The van der Waals surface area contributed by atoms with Crippen LogP contribution in [0.25, 0.3) is 0 Å². The van der Waals surface area contributed by atoms with Crippen LogP contribution in [-0.2, 0) is 0 Å². The molecule has 0 bridgehead atoms. The van der Waals surface area contributed by atoms with Gasteiger partial charge in [0.2, 0.25) is 0 Å². The van der Waals surface area contributed by atoms with E-state index in [1.807, 2.05) is 0 Å². The van der Waals surface area contributed by atoms with Gasteiger partial charge in [0.25, 0.3) is 0 Å². The molecule has 0 saturated carbocycles. The van der Waals surface area contributed by atoms with E-state index in [-0.39, 0.29) is 5.82 Å². The standard InChI is InChI=1S/C12H9BrClFN2/c13-7-4-5-10(9(15)6-7)17-11-3-1-2-8(14)12(11)16/h1-6,17H,16H2. The van der Waals surface area contributed by atoms with Crippen LogP contribution >= 0.6 is 27.5 Å². The lowest BCUT2D eigenvalue weighted by atomic mass is 10.2. The van der Waals surface area contributed by atoms with Gasteiger partial charge in [0.15, 0.2) is 0 Å². The summed E-state index contributed by atoms with van der Waals surface area (Å²) in [6.07, 6.45) is 0. The summed E-state index contributed by atoms with van der Waals surface area (Å²) in [5.41, 5.74) is 7.12. The molecule has 17 heavy (non-hydrogen) atoms. The van der Waals surface area contributed by atoms with Gasteiger partial charge in [-0.15, -0.1) is 0 Å². The largest absolute Gasteiger partial charge is 0.396 e. The van der Waals surface area contributed by atoms with Gasteiger partial charge in [-0.25, -0.2) is 4.39 Å². The fraction of sp³-hybridized carbons (Fsp3) is 0. The molecule has 2 rings (SSSR count). The van der Waals surface area contributed by atoms with Gasteiger partial charge in [0, 0.05) is 4.47 Å². The molecule has 0 amide bonds. The van der Waals surface area contributed by atoms with Crippen LogP contribution in [0, 0.1) is 5.82 Å². The number of halogens is 3. The highest BCUT2D eigenvalue weighted by molar-refractivity contribution is 9.10. The summed E-state index contributed by atoms with van der Waals surface area (Å²) in [4.78, 5) is 0. The molecule has 0 spiro atoms. The van der Waals surface area contributed by atoms with Crippen LogP contribution < -0.4 is 11.1 Å². The zero-order valence-electron chi connectivity index (χ0n) is 8.68. The molecular formula is C12H9BrClFN2. The summed E-state index contributed by atoms with van der Waals surface area (Å²) in [5, 5.41) is 3.34. The normalized spacial score (nSPS) is 10.3. The van der Waals surface area contributed by atoms with Crippen molar-refractivity contribution in [3.8, 4) is 0 Å². The monoisotopic (exact) mass is 314 g/mol. The molecule has 0 aromatic heterocycles. The third-order valence-electron chi connectivity index (χ3n) is 2.25. The van der Waals surface area contributed by atoms with Gasteiger partial charge in [-0.2, -0.15) is 0 Å². The molecule has 2 nitrogen and oxygen atoms in total. The average Bonchev–Trinajstić information content (AvgIpc) is 2.28. The predicted molar refractivity (Wildman–Crippen MR) is 73.2 cm³/mol. The molecule has 88 valence electrons. The third kappa shape index (κ3) is 2.70. The molecule has 0 heterocycles. The Bertz CT molecular complexity index is 560. The number of nitrogen functional groups attached to an aromatic ring is 1. The molecule has 0 atom stereocenters. The highest BCUT2D eigenvalue weighted by Crippen LogP contribution is 2.30. The highest BCUT2D eigenvalue weighted by Gasteiger charge is 2.06. The summed E-state index contributed by atoms with van der Waals surface area (Å²) in [6.45, 7) is 0. The molecule has 0 unspecified atom stereocenters. The van der Waals surface area contributed by atoms with E-state index in [4.69, 9.17) is 17.3 Å². The van der Waals surface area contributed by atoms with Gasteiger partial charge < -0.3 is 11.1 Å². The first kappa shape index (κ1) is 12.2. The van der Waals surface area contributed by atoms with Crippen molar-refractivity contribution < 1.29 is 4.39 Å². The summed E-state index contributed by atoms with van der Waals surface area (Å²) in [7, 11) is 0. The van der Waals surface area contributed by atoms with E-state index in [1.165, 1.54) is 6.07 Å². The average molecular weight is 316 g/mol. The van der Waals surface area contributed by atoms with E-state index in [9.17, 15) is 4.39 Å². The van der Waals surface area contributed by atoms with Crippen LogP contribution in [0.4, 0.5) is 21.5 Å². The fourth-order valence-corrected chi connectivity index (χ4v) is 1.89. The van der Waals surface area contributed by atoms with Crippen molar-refractivity contribution in [3.05, 3.63) is 51.7 Å². The quantitative estimate of drug-likeness (QED) is 0.797. The second-order valence-corrected chi connectivity index (χ2v) is 4.77. The molecule has 2 aromatic carbocycles. The summed E-state index contributed by atoms with van der Waals surface area (Å²) in [6, 6.07) is 9.91. The Balaban J connectivity index is 2.35. The van der Waals surface area contributed by atoms with Crippen molar-refractivity contribution in [3.63, 3.8) is 0 Å². The van der Waals surface area contributed by atoms with Gasteiger partial charge in [0.1, 0.15) is 5.82 Å². The number of nitrogens with one attached hydrogen (secondary N) is 1. The first-order valence-electron chi connectivity index (χ1n) is 4.84. The molecule has 2 aromatic rings. The van der Waals surface area contributed by atoms with Crippen molar-refractivity contribution in [1.82, 2.24) is 0 Å². The van der Waals surface area contributed by atoms with E-state index < -0.39 is 0 Å². The highest BCUT2D eigenvalue weighted by atomic mass is 79.9. The minimum atomic E-state index is -0.362. The van der Waals surface area contributed by atoms with Gasteiger partial charge in [0.05, 0.1) is 22.1 Å². The lowest BCUT2D eigenvalue weighted by Crippen LogP contribution is -1.98. The maximum atomic E-state index is 13.6. The van der Waals surface area contributed by atoms with E-state index >= 15 is 0 Å². The zero-order valence-corrected chi connectivity index (χ0v) is 11.0. The molecule has 0 fully saturated rings. The Labute approximate surface area is 112 Å². The summed E-state index contributed by atoms with van der Waals surface area (Å²) < 4.78 is 14.3. The Morgan fingerprint density at radius 1 is 1.18 bits per heavy atom. The van der Waals surface area contributed by atoms with Crippen molar-refractivity contribution in [2.45, 2.75) is 0 Å². The first-order chi connectivity index (χ1) is 8.08. The molecule has 3 N–H and O–H groups in total. The van der Waals surface area contributed by atoms with E-state index in [2.05, 4.69) is 21.2 Å². The zero-order chi connectivity index (χ0) is 12.4. The number of benzene rings is 2. The van der Waals surface area contributed by atoms with E-state index in [1.54, 1.807) is 30.3 Å². The lowest BCUT2D eigenvalue weighted by Gasteiger charge is -2.11. The maximum Gasteiger partial charge on any atom is 0.147 e. The van der Waals surface area contributed by atoms with E-state index in [0.29, 0.717) is 26.6 Å². The SMILES string of the molecule is Nc1c(Cl)cccc1Nc1ccc(Br)cc1F. The Kier molecular flexibility index (Phi) is 3.54. The topological polar surface area (TPSA) is 38.0 Å². The van der Waals surface area contributed by atoms with Crippen LogP contribution in [0.15, 0.2) is 40.9 Å². The molecule has 0 radical (unpaired) electrons. The Morgan fingerprint density at radius 2 is 1.94 bits per heavy atom. The van der Waals surface area contributed by atoms with Gasteiger partial charge in [-0.1, -0.05) is 33.6 Å². The van der Waals surface area contributed by atoms with Crippen molar-refractivity contribution >= 4 is 44.6 Å². The van der Waals surface area contributed by atoms with Crippen LogP contribution in [0.2, 0.25) is 5.02 Å². The predicted octanol–water partition coefficient (Wildman–Crippen LogP) is 4.57. The van der Waals surface area contributed by atoms with Gasteiger partial charge >= 0.3 is 0 Å². The molecule has 5 heteroatoms. The molecular weight excluding hydrogens is 307 g/mol. The molecule has 0 saturated heterocycles. The third-order valence-corrected chi connectivity index (χ3v) is 3.08. The molecule has 0 aliphatic heterocycles. The molecule has 0 aliphatic carbocycles. The number of hydrogen-bond acceptors (Lipinski definition) is 2. The van der Waals surface area contributed by atoms with Crippen LogP contribution in [0.3, 0.4) is 0 Å². The van der Waals surface area contributed by atoms with Crippen molar-refractivity contribution in [1.29, 1.82) is 0 Å². The van der Waals surface area contributed by atoms with Gasteiger partial charge in [-0.3, -0.25) is 0 Å². The Hall–Kier alpha value is -1.26. The van der Waals surface area contributed by atoms with Gasteiger partial charge in [-0.05, 0) is 30.3 Å². The maximum absolute atomic E-state index is 13.6. The van der Waals surface area contributed by atoms with Crippen LogP contribution in [-0.4, -0.2) is 0 Å². The Morgan fingerprint density at radius 3 is 2.65 bits per heavy atom. The molecule has 0 aliphatic rings. The van der Waals surface area contributed by atoms with Crippen molar-refractivity contribution in [2.24, 2.45) is 0 Å². The summed E-state index contributed by atoms with van der Waals surface area (Å²) in [5.74, 6) is -0.362. The fourth-order valence-electron chi connectivity index (χ4n) is 1.38. The summed E-state index contributed by atoms with van der Waals surface area (Å²) >= 11 is 9.07. The first-order valence-corrected chi connectivity index (χ1v) is 6.01. The smallest absolute Gasteiger partial charge is 0.147 e. The van der Waals surface area contributed by atoms with Crippen LogP contribution in [0.1, 0.15) is 0 Å². The number of rotatable bonds is 2. The lowest BCUT2D eigenvalue weighted by molar-refractivity contribution is 0.631. The number of anilines is 3. The second-order valence-electron chi connectivity index (χ2n) is 3.45. The number of hydrogen-bond donors (Lipinski definition) is 2. The second kappa shape index (κ2) is 4.94. The number of nitrogens with two attached hydrogens (primary N) is 1.